The highest BCUT2D eigenvalue weighted by Gasteiger charge is 2.15. The fourth-order valence-corrected chi connectivity index (χ4v) is 4.14. The van der Waals surface area contributed by atoms with E-state index in [4.69, 9.17) is 30.5 Å². The third-order valence-corrected chi connectivity index (χ3v) is 5.97. The van der Waals surface area contributed by atoms with E-state index in [0.717, 1.165) is 5.56 Å². The zero-order valence-electron chi connectivity index (χ0n) is 21.1. The maximum absolute atomic E-state index is 12.3. The molecule has 1 amide bonds. The minimum atomic E-state index is -0.523. The summed E-state index contributed by atoms with van der Waals surface area (Å²) in [5.74, 6) is 0.571. The van der Waals surface area contributed by atoms with E-state index in [1.807, 2.05) is 31.2 Å². The van der Waals surface area contributed by atoms with E-state index in [0.29, 0.717) is 44.4 Å². The van der Waals surface area contributed by atoms with E-state index in [9.17, 15) is 10.1 Å². The third-order valence-electron chi connectivity index (χ3n) is 5.01. The highest BCUT2D eigenvalue weighted by molar-refractivity contribution is 9.10. The molecule has 0 spiro atoms. The number of rotatable bonds is 12. The van der Waals surface area contributed by atoms with E-state index in [-0.39, 0.29) is 31.3 Å². The summed E-state index contributed by atoms with van der Waals surface area (Å²) in [5, 5.41) is 14.1. The molecule has 1 N–H and O–H groups in total. The Kier molecular flexibility index (Phi) is 10.9. The van der Waals surface area contributed by atoms with Gasteiger partial charge in [0.1, 0.15) is 18.2 Å². The zero-order valence-corrected chi connectivity index (χ0v) is 23.4. The lowest BCUT2D eigenvalue weighted by Gasteiger charge is -2.15. The van der Waals surface area contributed by atoms with Gasteiger partial charge in [-0.15, -0.1) is 0 Å². The molecule has 1 aromatic heterocycles. The van der Waals surface area contributed by atoms with Crippen molar-refractivity contribution in [2.45, 2.75) is 27.1 Å². The van der Waals surface area contributed by atoms with Crippen LogP contribution in [0.25, 0.3) is 0 Å². The van der Waals surface area contributed by atoms with E-state index in [2.05, 4.69) is 31.4 Å². The van der Waals surface area contributed by atoms with Crippen molar-refractivity contribution in [1.29, 1.82) is 5.26 Å². The molecule has 3 rings (SSSR count). The molecule has 0 bridgehead atoms. The quantitative estimate of drug-likeness (QED) is 0.220. The summed E-state index contributed by atoms with van der Waals surface area (Å²) in [6.07, 6.45) is 1.46. The van der Waals surface area contributed by atoms with Gasteiger partial charge >= 0.3 is 0 Å². The second kappa shape index (κ2) is 14.3. The van der Waals surface area contributed by atoms with Gasteiger partial charge < -0.3 is 18.9 Å². The van der Waals surface area contributed by atoms with Gasteiger partial charge in [-0.3, -0.25) is 4.79 Å². The first kappa shape index (κ1) is 28.9. The summed E-state index contributed by atoms with van der Waals surface area (Å²) in [6, 6.07) is 14.7. The van der Waals surface area contributed by atoms with Crippen LogP contribution in [0.5, 0.6) is 17.4 Å². The minimum Gasteiger partial charge on any atom is -0.490 e. The molecule has 0 atom stereocenters. The Bertz CT molecular complexity index is 1360. The molecule has 0 saturated heterocycles. The normalized spacial score (nSPS) is 10.7. The first-order chi connectivity index (χ1) is 18.4. The summed E-state index contributed by atoms with van der Waals surface area (Å²) in [5.41, 5.74) is 5.39. The number of methoxy groups -OCH3 is 1. The van der Waals surface area contributed by atoms with E-state index >= 15 is 0 Å². The molecule has 3 aromatic rings. The molecular formula is C27H26BrClN4O5. The van der Waals surface area contributed by atoms with Gasteiger partial charge in [0.15, 0.2) is 18.1 Å². The highest BCUT2D eigenvalue weighted by Crippen LogP contribution is 2.37. The standard InChI is InChI=1S/C27H26BrClN4O5/c1-4-36-24-11-18(10-22(28)26(24)37-15-19-7-5-6-8-23(19)29)13-31-33-25(34)16-38-27-21(12-30)20(14-35-3)9-17(2)32-27/h5-11,13H,4,14-16H2,1-3H3,(H,33,34)/b31-13-. The monoisotopic (exact) mass is 600 g/mol. The number of carbonyl (C=O) groups is 1. The molecule has 0 radical (unpaired) electrons. The van der Waals surface area contributed by atoms with Crippen LogP contribution in [0.1, 0.15) is 34.9 Å². The molecule has 0 saturated carbocycles. The van der Waals surface area contributed by atoms with E-state index < -0.39 is 5.91 Å². The SMILES string of the molecule is CCOc1cc(/C=N\NC(=O)COc2nc(C)cc(COC)c2C#N)cc(Br)c1OCc1ccccc1Cl. The Morgan fingerprint density at radius 2 is 1.97 bits per heavy atom. The van der Waals surface area contributed by atoms with Gasteiger partial charge in [0.05, 0.1) is 23.9 Å². The minimum absolute atomic E-state index is 0.0661. The molecule has 0 fully saturated rings. The second-order valence-corrected chi connectivity index (χ2v) is 9.13. The number of hydrogen-bond donors (Lipinski definition) is 1. The average molecular weight is 602 g/mol. The number of aromatic nitrogens is 1. The molecule has 198 valence electrons. The summed E-state index contributed by atoms with van der Waals surface area (Å²) in [7, 11) is 1.53. The number of amides is 1. The van der Waals surface area contributed by atoms with Gasteiger partial charge in [-0.25, -0.2) is 10.4 Å². The summed E-state index contributed by atoms with van der Waals surface area (Å²) < 4.78 is 23.0. The molecule has 0 unspecified atom stereocenters. The van der Waals surface area contributed by atoms with Crippen LogP contribution in [0, 0.1) is 18.3 Å². The second-order valence-electron chi connectivity index (χ2n) is 7.87. The molecule has 9 nitrogen and oxygen atoms in total. The molecule has 0 aliphatic carbocycles. The molecular weight excluding hydrogens is 576 g/mol. The fourth-order valence-electron chi connectivity index (χ4n) is 3.38. The van der Waals surface area contributed by atoms with Crippen molar-refractivity contribution in [1.82, 2.24) is 10.4 Å². The Hall–Kier alpha value is -3.65. The van der Waals surface area contributed by atoms with E-state index in [1.54, 1.807) is 31.2 Å². The molecule has 0 aliphatic heterocycles. The lowest BCUT2D eigenvalue weighted by atomic mass is 10.1. The van der Waals surface area contributed by atoms with Gasteiger partial charge in [0.2, 0.25) is 5.88 Å². The number of benzene rings is 2. The average Bonchev–Trinajstić information content (AvgIpc) is 2.88. The Morgan fingerprint density at radius 1 is 1.18 bits per heavy atom. The van der Waals surface area contributed by atoms with Crippen molar-refractivity contribution in [3.63, 3.8) is 0 Å². The van der Waals surface area contributed by atoms with E-state index in [1.165, 1.54) is 13.3 Å². The van der Waals surface area contributed by atoms with Gasteiger partial charge in [0, 0.05) is 29.0 Å². The van der Waals surface area contributed by atoms with Gasteiger partial charge in [0.25, 0.3) is 5.91 Å². The van der Waals surface area contributed by atoms with Crippen molar-refractivity contribution in [2.75, 3.05) is 20.3 Å². The largest absolute Gasteiger partial charge is 0.490 e. The smallest absolute Gasteiger partial charge is 0.278 e. The van der Waals surface area contributed by atoms with Crippen LogP contribution in [0.2, 0.25) is 5.02 Å². The molecule has 2 aromatic carbocycles. The number of halogens is 2. The number of nitrogens with one attached hydrogen (secondary N) is 1. The first-order valence-electron chi connectivity index (χ1n) is 11.5. The number of hydrogen-bond acceptors (Lipinski definition) is 8. The van der Waals surface area contributed by atoms with Crippen molar-refractivity contribution in [3.05, 3.63) is 79.9 Å². The third kappa shape index (κ3) is 7.92. The Labute approximate surface area is 234 Å². The maximum Gasteiger partial charge on any atom is 0.278 e. The summed E-state index contributed by atoms with van der Waals surface area (Å²) >= 11 is 9.75. The van der Waals surface area contributed by atoms with Crippen molar-refractivity contribution < 1.29 is 23.7 Å². The number of pyridine rings is 1. The number of carbonyl (C=O) groups excluding carboxylic acids is 1. The summed E-state index contributed by atoms with van der Waals surface area (Å²) in [6.45, 7) is 4.16. The number of nitriles is 1. The molecule has 11 heteroatoms. The first-order valence-corrected chi connectivity index (χ1v) is 12.7. The van der Waals surface area contributed by atoms with Crippen molar-refractivity contribution >= 4 is 39.7 Å². The maximum atomic E-state index is 12.3. The predicted molar refractivity (Wildman–Crippen MR) is 147 cm³/mol. The number of ether oxygens (including phenoxy) is 4. The Morgan fingerprint density at radius 3 is 2.68 bits per heavy atom. The fraction of sp³-hybridized carbons (Fsp3) is 0.259. The van der Waals surface area contributed by atoms with Gasteiger partial charge in [-0.2, -0.15) is 10.4 Å². The van der Waals surface area contributed by atoms with Crippen LogP contribution in [-0.4, -0.2) is 37.4 Å². The zero-order chi connectivity index (χ0) is 27.5. The lowest BCUT2D eigenvalue weighted by molar-refractivity contribution is -0.123. The van der Waals surface area contributed by atoms with Crippen LogP contribution >= 0.6 is 27.5 Å². The van der Waals surface area contributed by atoms with Crippen LogP contribution in [0.4, 0.5) is 0 Å². The number of nitrogens with zero attached hydrogens (tertiary/aromatic N) is 3. The summed E-state index contributed by atoms with van der Waals surface area (Å²) in [4.78, 5) is 16.5. The van der Waals surface area contributed by atoms with Crippen molar-refractivity contribution in [2.24, 2.45) is 5.10 Å². The van der Waals surface area contributed by atoms with Crippen LogP contribution in [0.3, 0.4) is 0 Å². The molecule has 1 heterocycles. The van der Waals surface area contributed by atoms with Gasteiger partial charge in [-0.1, -0.05) is 29.8 Å². The topological polar surface area (TPSA) is 115 Å². The van der Waals surface area contributed by atoms with Gasteiger partial charge in [-0.05, 0) is 59.6 Å². The molecule has 38 heavy (non-hydrogen) atoms. The highest BCUT2D eigenvalue weighted by atomic mass is 79.9. The van der Waals surface area contributed by atoms with Crippen LogP contribution in [0.15, 0.2) is 52.0 Å². The number of hydrazone groups is 1. The predicted octanol–water partition coefficient (Wildman–Crippen LogP) is 5.33. The van der Waals surface area contributed by atoms with Crippen molar-refractivity contribution in [3.8, 4) is 23.4 Å². The number of aryl methyl sites for hydroxylation is 1. The lowest BCUT2D eigenvalue weighted by Crippen LogP contribution is -2.25. The van der Waals surface area contributed by atoms with Crippen LogP contribution < -0.4 is 19.6 Å². The molecule has 0 aliphatic rings. The van der Waals surface area contributed by atoms with Crippen LogP contribution in [-0.2, 0) is 22.7 Å². The Balaban J connectivity index is 1.65.